The SMILES string of the molecule is Cc1cc(CNC(C)CN)on1. The van der Waals surface area contributed by atoms with Gasteiger partial charge in [-0.3, -0.25) is 0 Å². The normalized spacial score (nSPS) is 13.2. The van der Waals surface area contributed by atoms with Crippen LogP contribution < -0.4 is 11.1 Å². The lowest BCUT2D eigenvalue weighted by atomic mass is 10.3. The fraction of sp³-hybridized carbons (Fsp3) is 0.625. The number of hydrogen-bond donors (Lipinski definition) is 2. The zero-order valence-corrected chi connectivity index (χ0v) is 7.50. The Hall–Kier alpha value is -0.870. The molecule has 0 aromatic carbocycles. The molecule has 0 aliphatic rings. The third kappa shape index (κ3) is 2.64. The highest BCUT2D eigenvalue weighted by molar-refractivity contribution is 5.02. The van der Waals surface area contributed by atoms with Crippen LogP contribution in [-0.4, -0.2) is 17.7 Å². The monoisotopic (exact) mass is 169 g/mol. The number of hydrogen-bond acceptors (Lipinski definition) is 4. The summed E-state index contributed by atoms with van der Waals surface area (Å²) in [4.78, 5) is 0. The minimum atomic E-state index is 0.315. The highest BCUT2D eigenvalue weighted by atomic mass is 16.5. The molecular weight excluding hydrogens is 154 g/mol. The molecule has 1 heterocycles. The zero-order valence-electron chi connectivity index (χ0n) is 7.50. The van der Waals surface area contributed by atoms with Crippen molar-refractivity contribution >= 4 is 0 Å². The van der Waals surface area contributed by atoms with E-state index in [0.29, 0.717) is 19.1 Å². The Morgan fingerprint density at radius 1 is 1.75 bits per heavy atom. The van der Waals surface area contributed by atoms with E-state index in [-0.39, 0.29) is 0 Å². The number of nitrogens with two attached hydrogens (primary N) is 1. The van der Waals surface area contributed by atoms with Gasteiger partial charge in [-0.25, -0.2) is 0 Å². The summed E-state index contributed by atoms with van der Waals surface area (Å²) in [6, 6.07) is 2.23. The molecular formula is C8H15N3O. The van der Waals surface area contributed by atoms with Crippen LogP contribution >= 0.6 is 0 Å². The Morgan fingerprint density at radius 3 is 3.00 bits per heavy atom. The number of nitrogens with one attached hydrogen (secondary N) is 1. The second kappa shape index (κ2) is 4.23. The molecule has 1 aromatic rings. The van der Waals surface area contributed by atoms with Gasteiger partial charge in [-0.2, -0.15) is 0 Å². The van der Waals surface area contributed by atoms with Crippen molar-refractivity contribution < 1.29 is 4.52 Å². The Bertz CT molecular complexity index is 234. The van der Waals surface area contributed by atoms with Crippen LogP contribution in [0.1, 0.15) is 18.4 Å². The lowest BCUT2D eigenvalue weighted by Gasteiger charge is -2.07. The molecule has 0 radical (unpaired) electrons. The first-order valence-corrected chi connectivity index (χ1v) is 4.08. The van der Waals surface area contributed by atoms with Crippen molar-refractivity contribution in [3.63, 3.8) is 0 Å². The second-order valence-corrected chi connectivity index (χ2v) is 2.95. The third-order valence-electron chi connectivity index (χ3n) is 1.66. The van der Waals surface area contributed by atoms with E-state index in [1.807, 2.05) is 19.9 Å². The summed E-state index contributed by atoms with van der Waals surface area (Å²) in [5.74, 6) is 0.854. The number of nitrogens with zero attached hydrogens (tertiary/aromatic N) is 1. The van der Waals surface area contributed by atoms with Crippen molar-refractivity contribution in [2.45, 2.75) is 26.4 Å². The van der Waals surface area contributed by atoms with Crippen LogP contribution in [0.25, 0.3) is 0 Å². The van der Waals surface area contributed by atoms with Crippen LogP contribution in [0.4, 0.5) is 0 Å². The van der Waals surface area contributed by atoms with Gasteiger partial charge in [-0.1, -0.05) is 5.16 Å². The molecule has 0 saturated carbocycles. The van der Waals surface area contributed by atoms with Crippen molar-refractivity contribution in [3.8, 4) is 0 Å². The van der Waals surface area contributed by atoms with Crippen LogP contribution in [0.15, 0.2) is 10.6 Å². The molecule has 1 atom stereocenters. The summed E-state index contributed by atoms with van der Waals surface area (Å²) in [5.41, 5.74) is 6.34. The lowest BCUT2D eigenvalue weighted by Crippen LogP contribution is -2.32. The lowest BCUT2D eigenvalue weighted by molar-refractivity contribution is 0.363. The van der Waals surface area contributed by atoms with E-state index in [0.717, 1.165) is 11.5 Å². The molecule has 68 valence electrons. The van der Waals surface area contributed by atoms with Crippen molar-refractivity contribution in [2.24, 2.45) is 5.73 Å². The molecule has 12 heavy (non-hydrogen) atoms. The van der Waals surface area contributed by atoms with Crippen molar-refractivity contribution in [1.29, 1.82) is 0 Å². The van der Waals surface area contributed by atoms with E-state index >= 15 is 0 Å². The second-order valence-electron chi connectivity index (χ2n) is 2.95. The highest BCUT2D eigenvalue weighted by Crippen LogP contribution is 2.01. The Morgan fingerprint density at radius 2 is 2.50 bits per heavy atom. The molecule has 0 aliphatic heterocycles. The topological polar surface area (TPSA) is 64.1 Å². The molecule has 1 unspecified atom stereocenters. The van der Waals surface area contributed by atoms with Gasteiger partial charge in [0.05, 0.1) is 12.2 Å². The summed E-state index contributed by atoms with van der Waals surface area (Å²) in [6.07, 6.45) is 0. The van der Waals surface area contributed by atoms with Crippen LogP contribution in [-0.2, 0) is 6.54 Å². The van der Waals surface area contributed by atoms with Crippen molar-refractivity contribution in [2.75, 3.05) is 6.54 Å². The maximum Gasteiger partial charge on any atom is 0.150 e. The molecule has 4 heteroatoms. The van der Waals surface area contributed by atoms with Gasteiger partial charge < -0.3 is 15.6 Å². The third-order valence-corrected chi connectivity index (χ3v) is 1.66. The predicted molar refractivity (Wildman–Crippen MR) is 46.6 cm³/mol. The summed E-state index contributed by atoms with van der Waals surface area (Å²) in [7, 11) is 0. The average Bonchev–Trinajstić information content (AvgIpc) is 2.47. The minimum Gasteiger partial charge on any atom is -0.360 e. The standard InChI is InChI=1S/C8H15N3O/c1-6-3-8(12-11-6)5-10-7(2)4-9/h3,7,10H,4-5,9H2,1-2H3. The van der Waals surface area contributed by atoms with Crippen LogP contribution in [0.5, 0.6) is 0 Å². The van der Waals surface area contributed by atoms with Crippen LogP contribution in [0.3, 0.4) is 0 Å². The molecule has 1 rings (SSSR count). The predicted octanol–water partition coefficient (Wildman–Crippen LogP) is 0.420. The largest absolute Gasteiger partial charge is 0.360 e. The molecule has 0 bridgehead atoms. The van der Waals surface area contributed by atoms with Gasteiger partial charge in [-0.15, -0.1) is 0 Å². The Labute approximate surface area is 72.1 Å². The first kappa shape index (κ1) is 9.22. The van der Waals surface area contributed by atoms with Crippen LogP contribution in [0.2, 0.25) is 0 Å². The van der Waals surface area contributed by atoms with Gasteiger partial charge >= 0.3 is 0 Å². The van der Waals surface area contributed by atoms with E-state index < -0.39 is 0 Å². The van der Waals surface area contributed by atoms with Gasteiger partial charge in [0, 0.05) is 18.7 Å². The van der Waals surface area contributed by atoms with Crippen molar-refractivity contribution in [3.05, 3.63) is 17.5 Å². The first-order valence-electron chi connectivity index (χ1n) is 4.08. The van der Waals surface area contributed by atoms with E-state index in [4.69, 9.17) is 10.3 Å². The molecule has 0 aliphatic carbocycles. The van der Waals surface area contributed by atoms with E-state index in [1.165, 1.54) is 0 Å². The van der Waals surface area contributed by atoms with Gasteiger partial charge in [0.25, 0.3) is 0 Å². The Balaban J connectivity index is 2.33. The fourth-order valence-electron chi connectivity index (χ4n) is 0.858. The number of aryl methyl sites for hydroxylation is 1. The number of aromatic nitrogens is 1. The molecule has 4 nitrogen and oxygen atoms in total. The minimum absolute atomic E-state index is 0.315. The fourth-order valence-corrected chi connectivity index (χ4v) is 0.858. The smallest absolute Gasteiger partial charge is 0.150 e. The first-order chi connectivity index (χ1) is 5.72. The zero-order chi connectivity index (χ0) is 8.97. The average molecular weight is 169 g/mol. The van der Waals surface area contributed by atoms with Crippen LogP contribution in [0, 0.1) is 6.92 Å². The summed E-state index contributed by atoms with van der Waals surface area (Å²) < 4.78 is 5.01. The van der Waals surface area contributed by atoms with E-state index in [9.17, 15) is 0 Å². The molecule has 0 amide bonds. The molecule has 0 fully saturated rings. The summed E-state index contributed by atoms with van der Waals surface area (Å²) in [5, 5.41) is 6.98. The maximum atomic E-state index is 5.43. The molecule has 0 saturated heterocycles. The van der Waals surface area contributed by atoms with Crippen molar-refractivity contribution in [1.82, 2.24) is 10.5 Å². The summed E-state index contributed by atoms with van der Waals surface area (Å²) in [6.45, 7) is 5.26. The summed E-state index contributed by atoms with van der Waals surface area (Å²) >= 11 is 0. The quantitative estimate of drug-likeness (QED) is 0.685. The van der Waals surface area contributed by atoms with Gasteiger partial charge in [0.15, 0.2) is 5.76 Å². The van der Waals surface area contributed by atoms with Gasteiger partial charge in [-0.05, 0) is 13.8 Å². The molecule has 1 aromatic heterocycles. The number of rotatable bonds is 4. The van der Waals surface area contributed by atoms with Gasteiger partial charge in [0.2, 0.25) is 0 Å². The maximum absolute atomic E-state index is 5.43. The van der Waals surface area contributed by atoms with E-state index in [1.54, 1.807) is 0 Å². The van der Waals surface area contributed by atoms with E-state index in [2.05, 4.69) is 10.5 Å². The Kier molecular flexibility index (Phi) is 3.25. The highest BCUT2D eigenvalue weighted by Gasteiger charge is 2.02. The molecule has 3 N–H and O–H groups in total. The van der Waals surface area contributed by atoms with Gasteiger partial charge in [0.1, 0.15) is 0 Å². The molecule has 0 spiro atoms.